The molecule has 5 heteroatoms. The van der Waals surface area contributed by atoms with Crippen molar-refractivity contribution in [3.8, 4) is 0 Å². The van der Waals surface area contributed by atoms with Gasteiger partial charge in [-0.15, -0.1) is 0 Å². The molecule has 2 rings (SSSR count). The minimum absolute atomic E-state index is 0.406. The molecule has 1 aromatic heterocycles. The normalized spacial score (nSPS) is 16.4. The van der Waals surface area contributed by atoms with Gasteiger partial charge in [0.1, 0.15) is 10.8 Å². The molecule has 0 saturated carbocycles. The third kappa shape index (κ3) is 2.60. The van der Waals surface area contributed by atoms with Gasteiger partial charge in [0, 0.05) is 36.4 Å². The number of nitrogens with zero attached hydrogens (tertiary/aromatic N) is 2. The maximum atomic E-state index is 5.52. The van der Waals surface area contributed by atoms with Crippen LogP contribution in [0.25, 0.3) is 0 Å². The molecule has 0 amide bonds. The highest BCUT2D eigenvalue weighted by molar-refractivity contribution is 7.99. The Kier molecular flexibility index (Phi) is 3.43. The van der Waals surface area contributed by atoms with Crippen LogP contribution in [0.5, 0.6) is 0 Å². The summed E-state index contributed by atoms with van der Waals surface area (Å²) in [7, 11) is 0. The Morgan fingerprint density at radius 2 is 2.13 bits per heavy atom. The number of hydrogen-bond donors (Lipinski definition) is 1. The molecule has 1 aliphatic rings. The van der Waals surface area contributed by atoms with E-state index in [1.54, 1.807) is 6.20 Å². The van der Waals surface area contributed by atoms with Crippen LogP contribution in [0.15, 0.2) is 18.3 Å². The molecule has 1 aromatic rings. The Morgan fingerprint density at radius 3 is 2.67 bits per heavy atom. The lowest BCUT2D eigenvalue weighted by atomic mass is 10.3. The summed E-state index contributed by atoms with van der Waals surface area (Å²) in [5.41, 5.74) is 6.35. The summed E-state index contributed by atoms with van der Waals surface area (Å²) >= 11 is 6.87. The minimum atomic E-state index is 0.406. The predicted molar refractivity (Wildman–Crippen MR) is 69.7 cm³/mol. The summed E-state index contributed by atoms with van der Waals surface area (Å²) in [5.74, 6) is 3.38. The molecule has 1 aliphatic heterocycles. The van der Waals surface area contributed by atoms with E-state index in [9.17, 15) is 0 Å². The minimum Gasteiger partial charge on any atom is -0.389 e. The average molecular weight is 239 g/mol. The largest absolute Gasteiger partial charge is 0.389 e. The Bertz CT molecular complexity index is 344. The Balaban J connectivity index is 2.11. The lowest BCUT2D eigenvalue weighted by molar-refractivity contribution is 0.839. The molecule has 2 heterocycles. The van der Waals surface area contributed by atoms with Crippen LogP contribution in [0.2, 0.25) is 0 Å². The predicted octanol–water partition coefficient (Wildman–Crippen LogP) is 1.27. The van der Waals surface area contributed by atoms with Gasteiger partial charge in [-0.2, -0.15) is 11.8 Å². The number of thiocarbonyl (C=S) groups is 1. The van der Waals surface area contributed by atoms with E-state index in [-0.39, 0.29) is 0 Å². The Hall–Kier alpha value is -0.810. The van der Waals surface area contributed by atoms with Crippen molar-refractivity contribution in [2.75, 3.05) is 29.5 Å². The van der Waals surface area contributed by atoms with Crippen molar-refractivity contribution in [3.63, 3.8) is 0 Å². The summed E-state index contributed by atoms with van der Waals surface area (Å²) in [6.07, 6.45) is 1.75. The van der Waals surface area contributed by atoms with E-state index in [2.05, 4.69) is 9.88 Å². The first-order chi connectivity index (χ1) is 7.27. The van der Waals surface area contributed by atoms with Gasteiger partial charge in [0.25, 0.3) is 0 Å². The molecule has 2 N–H and O–H groups in total. The Morgan fingerprint density at radius 1 is 1.40 bits per heavy atom. The first-order valence-corrected chi connectivity index (χ1v) is 6.42. The topological polar surface area (TPSA) is 42.1 Å². The van der Waals surface area contributed by atoms with E-state index in [4.69, 9.17) is 18.0 Å². The van der Waals surface area contributed by atoms with Gasteiger partial charge in [-0.1, -0.05) is 12.2 Å². The second-order valence-electron chi connectivity index (χ2n) is 3.37. The monoisotopic (exact) mass is 239 g/mol. The highest BCUT2D eigenvalue weighted by Crippen LogP contribution is 2.17. The second kappa shape index (κ2) is 4.81. The number of thioether (sulfide) groups is 1. The molecule has 1 saturated heterocycles. The molecule has 0 aromatic carbocycles. The van der Waals surface area contributed by atoms with Gasteiger partial charge in [-0.3, -0.25) is 0 Å². The average Bonchev–Trinajstić information content (AvgIpc) is 2.30. The third-order valence-corrected chi connectivity index (χ3v) is 3.55. The fraction of sp³-hybridized carbons (Fsp3) is 0.400. The van der Waals surface area contributed by atoms with E-state index in [1.807, 2.05) is 23.9 Å². The van der Waals surface area contributed by atoms with Crippen molar-refractivity contribution < 1.29 is 0 Å². The molecule has 1 fully saturated rings. The number of pyridine rings is 1. The molecular formula is C10H13N3S2. The molecule has 0 aliphatic carbocycles. The highest BCUT2D eigenvalue weighted by atomic mass is 32.2. The van der Waals surface area contributed by atoms with Gasteiger partial charge >= 0.3 is 0 Å². The molecule has 15 heavy (non-hydrogen) atoms. The smallest absolute Gasteiger partial charge is 0.128 e. The van der Waals surface area contributed by atoms with Gasteiger partial charge in [-0.05, 0) is 12.1 Å². The molecule has 0 atom stereocenters. The summed E-state index contributed by atoms with van der Waals surface area (Å²) in [6, 6.07) is 3.93. The van der Waals surface area contributed by atoms with Crippen LogP contribution in [0.3, 0.4) is 0 Å². The molecule has 80 valence electrons. The van der Waals surface area contributed by atoms with Crippen molar-refractivity contribution in [2.24, 2.45) is 5.73 Å². The third-order valence-electron chi connectivity index (χ3n) is 2.37. The maximum Gasteiger partial charge on any atom is 0.128 e. The SMILES string of the molecule is NC(=S)c1ccc(N2CCSCC2)nc1. The zero-order chi connectivity index (χ0) is 10.7. The van der Waals surface area contributed by atoms with Crippen LogP contribution in [0.1, 0.15) is 5.56 Å². The van der Waals surface area contributed by atoms with Crippen LogP contribution >= 0.6 is 24.0 Å². The van der Waals surface area contributed by atoms with Crippen molar-refractivity contribution in [3.05, 3.63) is 23.9 Å². The Labute approximate surface area is 99.1 Å². The molecule has 0 unspecified atom stereocenters. The second-order valence-corrected chi connectivity index (χ2v) is 5.03. The summed E-state index contributed by atoms with van der Waals surface area (Å²) in [6.45, 7) is 2.15. The molecule has 3 nitrogen and oxygen atoms in total. The van der Waals surface area contributed by atoms with Gasteiger partial charge in [0.2, 0.25) is 0 Å². The van der Waals surface area contributed by atoms with E-state index in [0.717, 1.165) is 24.5 Å². The molecule has 0 bridgehead atoms. The molecule has 0 spiro atoms. The van der Waals surface area contributed by atoms with E-state index in [0.29, 0.717) is 4.99 Å². The van der Waals surface area contributed by atoms with Gasteiger partial charge in [0.05, 0.1) is 0 Å². The number of rotatable bonds is 2. The standard InChI is InChI=1S/C10H13N3S2/c11-10(14)8-1-2-9(12-7-8)13-3-5-15-6-4-13/h1-2,7H,3-6H2,(H2,11,14). The summed E-state index contributed by atoms with van der Waals surface area (Å²) in [4.78, 5) is 7.07. The fourth-order valence-electron chi connectivity index (χ4n) is 1.51. The highest BCUT2D eigenvalue weighted by Gasteiger charge is 2.11. The van der Waals surface area contributed by atoms with Gasteiger partial charge in [0.15, 0.2) is 0 Å². The molecule has 0 radical (unpaired) electrons. The van der Waals surface area contributed by atoms with Crippen LogP contribution in [-0.4, -0.2) is 34.6 Å². The first kappa shape index (κ1) is 10.7. The van der Waals surface area contributed by atoms with Crippen LogP contribution in [0, 0.1) is 0 Å². The molecular weight excluding hydrogens is 226 g/mol. The van der Waals surface area contributed by atoms with Crippen molar-refractivity contribution in [1.29, 1.82) is 0 Å². The van der Waals surface area contributed by atoms with E-state index in [1.165, 1.54) is 11.5 Å². The number of nitrogens with two attached hydrogens (primary N) is 1. The van der Waals surface area contributed by atoms with Crippen LogP contribution < -0.4 is 10.6 Å². The first-order valence-electron chi connectivity index (χ1n) is 4.86. The summed E-state index contributed by atoms with van der Waals surface area (Å²) < 4.78 is 0. The zero-order valence-electron chi connectivity index (χ0n) is 8.35. The number of anilines is 1. The van der Waals surface area contributed by atoms with Crippen LogP contribution in [0.4, 0.5) is 5.82 Å². The van der Waals surface area contributed by atoms with Crippen molar-refractivity contribution in [2.45, 2.75) is 0 Å². The van der Waals surface area contributed by atoms with Crippen LogP contribution in [-0.2, 0) is 0 Å². The number of hydrogen-bond acceptors (Lipinski definition) is 4. The zero-order valence-corrected chi connectivity index (χ0v) is 9.98. The van der Waals surface area contributed by atoms with E-state index >= 15 is 0 Å². The lowest BCUT2D eigenvalue weighted by Crippen LogP contribution is -2.33. The van der Waals surface area contributed by atoms with Crippen molar-refractivity contribution in [1.82, 2.24) is 4.98 Å². The van der Waals surface area contributed by atoms with Gasteiger partial charge < -0.3 is 10.6 Å². The van der Waals surface area contributed by atoms with E-state index < -0.39 is 0 Å². The van der Waals surface area contributed by atoms with Gasteiger partial charge in [-0.25, -0.2) is 4.98 Å². The fourth-order valence-corrected chi connectivity index (χ4v) is 2.54. The maximum absolute atomic E-state index is 5.52. The van der Waals surface area contributed by atoms with Crippen molar-refractivity contribution >= 4 is 34.8 Å². The lowest BCUT2D eigenvalue weighted by Gasteiger charge is -2.27. The quantitative estimate of drug-likeness (QED) is 0.787. The number of aromatic nitrogens is 1. The summed E-state index contributed by atoms with van der Waals surface area (Å²) in [5, 5.41) is 0.